The minimum atomic E-state index is -0.147. The smallest absolute Gasteiger partial charge is 0.127 e. The first-order valence-electron chi connectivity index (χ1n) is 5.55. The number of rotatable bonds is 5. The van der Waals surface area contributed by atoms with Gasteiger partial charge in [-0.05, 0) is 38.8 Å². The van der Waals surface area contributed by atoms with Crippen LogP contribution in [0.3, 0.4) is 0 Å². The van der Waals surface area contributed by atoms with Gasteiger partial charge in [0.05, 0.1) is 6.26 Å². The Labute approximate surface area is 92.8 Å². The zero-order valence-corrected chi connectivity index (χ0v) is 9.65. The maximum atomic E-state index is 5.71. The highest BCUT2D eigenvalue weighted by molar-refractivity contribution is 5.17. The molecule has 0 saturated heterocycles. The molecular weight excluding hydrogens is 184 g/mol. The Morgan fingerprint density at radius 3 is 2.73 bits per heavy atom. The van der Waals surface area contributed by atoms with Crippen LogP contribution in [0.2, 0.25) is 0 Å². The molecule has 1 aliphatic carbocycles. The molecule has 1 nitrogen and oxygen atoms in total. The molecule has 0 aliphatic heterocycles. The number of allylic oxidation sites excluding steroid dienone is 5. The van der Waals surface area contributed by atoms with E-state index in [0.717, 1.165) is 19.3 Å². The molecule has 0 aromatic rings. The fraction of sp³-hybridized carbons (Fsp3) is 0.429. The molecule has 0 bridgehead atoms. The van der Waals surface area contributed by atoms with Crippen molar-refractivity contribution in [3.8, 4) is 0 Å². The Morgan fingerprint density at radius 1 is 1.27 bits per heavy atom. The van der Waals surface area contributed by atoms with Crippen molar-refractivity contribution in [2.45, 2.75) is 38.7 Å². The number of unbranched alkanes of at least 4 members (excludes halogenated alkanes) is 1. The minimum Gasteiger partial charge on any atom is -0.491 e. The van der Waals surface area contributed by atoms with Crippen LogP contribution in [0.5, 0.6) is 0 Å². The van der Waals surface area contributed by atoms with Crippen LogP contribution >= 0.6 is 0 Å². The van der Waals surface area contributed by atoms with E-state index in [-0.39, 0.29) is 5.60 Å². The quantitative estimate of drug-likeness (QED) is 0.371. The van der Waals surface area contributed by atoms with E-state index in [4.69, 9.17) is 4.74 Å². The molecule has 0 spiro atoms. The second-order valence-corrected chi connectivity index (χ2v) is 3.94. The summed E-state index contributed by atoms with van der Waals surface area (Å²) in [6, 6.07) is 0. The zero-order chi connectivity index (χ0) is 11.0. The molecule has 0 N–H and O–H groups in total. The summed E-state index contributed by atoms with van der Waals surface area (Å²) in [5.41, 5.74) is -0.147. The Kier molecular flexibility index (Phi) is 4.96. The van der Waals surface area contributed by atoms with Gasteiger partial charge in [0, 0.05) is 6.42 Å². The zero-order valence-electron chi connectivity index (χ0n) is 9.65. The molecule has 15 heavy (non-hydrogen) atoms. The van der Waals surface area contributed by atoms with Gasteiger partial charge in [-0.15, -0.1) is 0 Å². The lowest BCUT2D eigenvalue weighted by Crippen LogP contribution is -2.23. The highest BCUT2D eigenvalue weighted by atomic mass is 16.5. The number of hydrogen-bond acceptors (Lipinski definition) is 1. The van der Waals surface area contributed by atoms with Crippen molar-refractivity contribution >= 4 is 0 Å². The summed E-state index contributed by atoms with van der Waals surface area (Å²) in [5, 5.41) is 0. The Balaban J connectivity index is 2.24. The van der Waals surface area contributed by atoms with Crippen molar-refractivity contribution in [1.82, 2.24) is 0 Å². The second-order valence-electron chi connectivity index (χ2n) is 3.94. The van der Waals surface area contributed by atoms with E-state index in [9.17, 15) is 0 Å². The first-order chi connectivity index (χ1) is 7.27. The van der Waals surface area contributed by atoms with Gasteiger partial charge in [-0.25, -0.2) is 0 Å². The molecule has 0 aromatic carbocycles. The van der Waals surface area contributed by atoms with Gasteiger partial charge < -0.3 is 4.74 Å². The van der Waals surface area contributed by atoms with E-state index in [1.807, 2.05) is 19.3 Å². The average molecular weight is 204 g/mol. The number of hydrogen-bond donors (Lipinski definition) is 0. The van der Waals surface area contributed by atoms with Crippen LogP contribution in [0, 0.1) is 0 Å². The predicted molar refractivity (Wildman–Crippen MR) is 65.6 cm³/mol. The van der Waals surface area contributed by atoms with Crippen LogP contribution in [0.1, 0.15) is 33.1 Å². The lowest BCUT2D eigenvalue weighted by atomic mass is 9.98. The van der Waals surface area contributed by atoms with E-state index in [2.05, 4.69) is 43.4 Å². The van der Waals surface area contributed by atoms with E-state index in [1.165, 1.54) is 0 Å². The van der Waals surface area contributed by atoms with Gasteiger partial charge in [-0.2, -0.15) is 0 Å². The topological polar surface area (TPSA) is 9.23 Å². The SMILES string of the molecule is C/C=C\CC/C=C/OC1(C)C=CC=CC1. The third-order valence-corrected chi connectivity index (χ3v) is 2.39. The normalized spacial score (nSPS) is 25.5. The van der Waals surface area contributed by atoms with Crippen LogP contribution in [0.4, 0.5) is 0 Å². The second kappa shape index (κ2) is 6.28. The minimum absolute atomic E-state index is 0.147. The molecule has 1 aliphatic rings. The van der Waals surface area contributed by atoms with Crippen molar-refractivity contribution in [3.05, 3.63) is 48.8 Å². The van der Waals surface area contributed by atoms with E-state index in [1.54, 1.807) is 0 Å². The van der Waals surface area contributed by atoms with Crippen molar-refractivity contribution in [2.24, 2.45) is 0 Å². The molecule has 0 radical (unpaired) electrons. The van der Waals surface area contributed by atoms with Crippen LogP contribution in [-0.4, -0.2) is 5.60 Å². The van der Waals surface area contributed by atoms with Gasteiger partial charge in [0.25, 0.3) is 0 Å². The van der Waals surface area contributed by atoms with Crippen molar-refractivity contribution in [2.75, 3.05) is 0 Å². The molecule has 1 unspecified atom stereocenters. The van der Waals surface area contributed by atoms with Gasteiger partial charge in [-0.3, -0.25) is 0 Å². The maximum absolute atomic E-state index is 5.71. The molecule has 0 amide bonds. The summed E-state index contributed by atoms with van der Waals surface area (Å²) < 4.78 is 5.71. The Bertz CT molecular complexity index is 284. The third-order valence-electron chi connectivity index (χ3n) is 2.39. The molecule has 0 heterocycles. The number of ether oxygens (including phenoxy) is 1. The van der Waals surface area contributed by atoms with Crippen molar-refractivity contribution in [3.63, 3.8) is 0 Å². The van der Waals surface area contributed by atoms with Crippen LogP contribution in [0.15, 0.2) is 48.8 Å². The van der Waals surface area contributed by atoms with Crippen LogP contribution < -0.4 is 0 Å². The Hall–Kier alpha value is -1.24. The van der Waals surface area contributed by atoms with Gasteiger partial charge in [0.15, 0.2) is 0 Å². The summed E-state index contributed by atoms with van der Waals surface area (Å²) >= 11 is 0. The summed E-state index contributed by atoms with van der Waals surface area (Å²) in [6.45, 7) is 4.14. The lowest BCUT2D eigenvalue weighted by molar-refractivity contribution is 0.0876. The standard InChI is InChI=1S/C14H20O/c1-3-4-5-6-10-13-15-14(2)11-8-7-9-12-14/h3-4,7-11,13H,5-6,12H2,1-2H3/b4-3-,13-10+. The van der Waals surface area contributed by atoms with E-state index >= 15 is 0 Å². The van der Waals surface area contributed by atoms with Gasteiger partial charge in [0.1, 0.15) is 5.60 Å². The van der Waals surface area contributed by atoms with Crippen LogP contribution in [-0.2, 0) is 4.74 Å². The maximum Gasteiger partial charge on any atom is 0.127 e. The first-order valence-corrected chi connectivity index (χ1v) is 5.55. The van der Waals surface area contributed by atoms with Crippen LogP contribution in [0.25, 0.3) is 0 Å². The van der Waals surface area contributed by atoms with Gasteiger partial charge >= 0.3 is 0 Å². The highest BCUT2D eigenvalue weighted by Gasteiger charge is 2.20. The largest absolute Gasteiger partial charge is 0.491 e. The Morgan fingerprint density at radius 2 is 2.07 bits per heavy atom. The highest BCUT2D eigenvalue weighted by Crippen LogP contribution is 2.21. The van der Waals surface area contributed by atoms with E-state index in [0.29, 0.717) is 0 Å². The third kappa shape index (κ3) is 4.68. The summed E-state index contributed by atoms with van der Waals surface area (Å²) in [5.74, 6) is 0. The van der Waals surface area contributed by atoms with Crippen molar-refractivity contribution in [1.29, 1.82) is 0 Å². The molecule has 1 heteroatoms. The van der Waals surface area contributed by atoms with Gasteiger partial charge in [0.2, 0.25) is 0 Å². The molecule has 82 valence electrons. The fourth-order valence-electron chi connectivity index (χ4n) is 1.43. The average Bonchev–Trinajstić information content (AvgIpc) is 2.24. The molecule has 1 atom stereocenters. The molecule has 0 fully saturated rings. The van der Waals surface area contributed by atoms with E-state index < -0.39 is 0 Å². The monoisotopic (exact) mass is 204 g/mol. The predicted octanol–water partition coefficient (Wildman–Crippen LogP) is 4.15. The summed E-state index contributed by atoms with van der Waals surface area (Å²) in [6.07, 6.45) is 19.5. The molecular formula is C14H20O. The summed E-state index contributed by atoms with van der Waals surface area (Å²) in [7, 11) is 0. The lowest BCUT2D eigenvalue weighted by Gasteiger charge is -2.25. The van der Waals surface area contributed by atoms with Gasteiger partial charge in [-0.1, -0.05) is 30.4 Å². The molecule has 1 rings (SSSR count). The molecule has 0 aromatic heterocycles. The summed E-state index contributed by atoms with van der Waals surface area (Å²) in [4.78, 5) is 0. The molecule has 0 saturated carbocycles. The van der Waals surface area contributed by atoms with Crippen molar-refractivity contribution < 1.29 is 4.74 Å². The first kappa shape index (κ1) is 11.8. The fourth-order valence-corrected chi connectivity index (χ4v) is 1.43.